The van der Waals surface area contributed by atoms with Crippen molar-refractivity contribution in [1.82, 2.24) is 34.9 Å². The van der Waals surface area contributed by atoms with Crippen LogP contribution >= 0.6 is 0 Å². The molecule has 0 amide bonds. The molecule has 8 nitrogen and oxygen atoms in total. The summed E-state index contributed by atoms with van der Waals surface area (Å²) in [6, 6.07) is 25.4. The van der Waals surface area contributed by atoms with Crippen LogP contribution in [0.15, 0.2) is 122 Å². The molecule has 2 aliphatic heterocycles. The molecule has 7 aromatic rings. The Morgan fingerprint density at radius 1 is 0.371 bits per heavy atom. The molecule has 0 radical (unpaired) electrons. The first kappa shape index (κ1) is 40.6. The van der Waals surface area contributed by atoms with Crippen LogP contribution in [0.5, 0.6) is 0 Å². The van der Waals surface area contributed by atoms with Gasteiger partial charge < -0.3 is 9.97 Å². The second kappa shape index (κ2) is 19.7. The number of unbranched alkanes of at least 4 members (excludes halogenated alkanes) is 11. The molecule has 7 aromatic heterocycles. The molecule has 62 heavy (non-hydrogen) atoms. The van der Waals surface area contributed by atoms with Crippen molar-refractivity contribution in [2.24, 2.45) is 0 Å². The van der Waals surface area contributed by atoms with Crippen molar-refractivity contribution in [2.75, 3.05) is 0 Å². The lowest BCUT2D eigenvalue weighted by Gasteiger charge is -2.06. The van der Waals surface area contributed by atoms with Gasteiger partial charge >= 0.3 is 0 Å². The summed E-state index contributed by atoms with van der Waals surface area (Å²) in [6.07, 6.45) is 40.2. The van der Waals surface area contributed by atoms with E-state index in [0.717, 1.165) is 95.9 Å². The largest absolute Gasteiger partial charge is 0.354 e. The molecule has 0 fully saturated rings. The van der Waals surface area contributed by atoms with Gasteiger partial charge in [0.05, 0.1) is 22.8 Å². The summed E-state index contributed by atoms with van der Waals surface area (Å²) in [7, 11) is 0. The Labute approximate surface area is 364 Å². The molecule has 0 unspecified atom stereocenters. The van der Waals surface area contributed by atoms with Crippen LogP contribution in [0.4, 0.5) is 0 Å². The van der Waals surface area contributed by atoms with E-state index in [9.17, 15) is 0 Å². The predicted octanol–water partition coefficient (Wildman–Crippen LogP) is 13.5. The minimum absolute atomic E-state index is 0.859. The van der Waals surface area contributed by atoms with Gasteiger partial charge in [0, 0.05) is 100 Å². The van der Waals surface area contributed by atoms with Crippen LogP contribution in [0.2, 0.25) is 0 Å². The number of pyridine rings is 4. The molecule has 9 rings (SSSR count). The van der Waals surface area contributed by atoms with E-state index in [4.69, 9.17) is 9.97 Å². The van der Waals surface area contributed by atoms with Crippen LogP contribution in [-0.4, -0.2) is 34.9 Å². The van der Waals surface area contributed by atoms with Gasteiger partial charge in [-0.05, 0) is 114 Å². The first-order valence-corrected chi connectivity index (χ1v) is 22.6. The Kier molecular flexibility index (Phi) is 12.9. The average molecular weight is 816 g/mol. The normalized spacial score (nSPS) is 12.0. The molecule has 0 saturated heterocycles. The van der Waals surface area contributed by atoms with Crippen LogP contribution < -0.4 is 4.57 Å². The van der Waals surface area contributed by atoms with Gasteiger partial charge in [0.2, 0.25) is 0 Å². The van der Waals surface area contributed by atoms with Crippen LogP contribution in [0.3, 0.4) is 0 Å². The summed E-state index contributed by atoms with van der Waals surface area (Å²) in [5, 5.41) is 0. The Balaban J connectivity index is 1.13. The molecule has 0 aromatic carbocycles. The van der Waals surface area contributed by atoms with Gasteiger partial charge in [0.15, 0.2) is 12.4 Å². The number of rotatable bonds is 17. The van der Waals surface area contributed by atoms with Gasteiger partial charge in [-0.1, -0.05) is 71.1 Å². The third-order valence-electron chi connectivity index (χ3n) is 12.1. The van der Waals surface area contributed by atoms with E-state index < -0.39 is 0 Å². The van der Waals surface area contributed by atoms with Gasteiger partial charge in [-0.3, -0.25) is 15.0 Å². The monoisotopic (exact) mass is 815 g/mol. The average Bonchev–Trinajstić information content (AvgIpc) is 4.17. The summed E-state index contributed by atoms with van der Waals surface area (Å²) in [4.78, 5) is 31.5. The van der Waals surface area contributed by atoms with Gasteiger partial charge in [-0.25, -0.2) is 14.5 Å². The highest BCUT2D eigenvalue weighted by Crippen LogP contribution is 2.38. The van der Waals surface area contributed by atoms with Crippen molar-refractivity contribution in [3.8, 4) is 44.5 Å². The van der Waals surface area contributed by atoms with Gasteiger partial charge in [-0.15, -0.1) is 0 Å². The van der Waals surface area contributed by atoms with Crippen LogP contribution in [0.1, 0.15) is 107 Å². The number of H-pyrrole nitrogens is 2. The van der Waals surface area contributed by atoms with Crippen molar-refractivity contribution in [2.45, 2.75) is 90.5 Å². The predicted molar refractivity (Wildman–Crippen MR) is 255 cm³/mol. The number of nitrogens with one attached hydrogen (secondary N) is 2. The molecule has 0 atom stereocenters. The molecule has 2 aliphatic rings. The second-order valence-corrected chi connectivity index (χ2v) is 16.4. The maximum absolute atomic E-state index is 5.44. The number of aryl methyl sites for hydroxylation is 1. The van der Waals surface area contributed by atoms with E-state index in [-0.39, 0.29) is 0 Å². The molecule has 0 aliphatic carbocycles. The summed E-state index contributed by atoms with van der Waals surface area (Å²) in [5.74, 6) is 0. The number of nitrogens with zero attached hydrogens (tertiary/aromatic N) is 6. The number of aromatic nitrogens is 8. The van der Waals surface area contributed by atoms with E-state index in [2.05, 4.69) is 110 Å². The first-order valence-electron chi connectivity index (χ1n) is 22.6. The Morgan fingerprint density at radius 2 is 0.677 bits per heavy atom. The Bertz CT molecular complexity index is 2780. The fraction of sp³-hybridized carbons (Fsp3) is 0.259. The van der Waals surface area contributed by atoms with E-state index >= 15 is 0 Å². The zero-order valence-electron chi connectivity index (χ0n) is 35.7. The fourth-order valence-corrected chi connectivity index (χ4v) is 8.88. The van der Waals surface area contributed by atoms with Gasteiger partial charge in [-0.2, -0.15) is 0 Å². The highest BCUT2D eigenvalue weighted by Gasteiger charge is 2.19. The van der Waals surface area contributed by atoms with Crippen molar-refractivity contribution < 1.29 is 4.57 Å². The number of hydrogen-bond donors (Lipinski definition) is 2. The third-order valence-corrected chi connectivity index (χ3v) is 12.1. The van der Waals surface area contributed by atoms with Gasteiger partial charge in [0.1, 0.15) is 6.54 Å². The zero-order valence-corrected chi connectivity index (χ0v) is 35.7. The smallest absolute Gasteiger partial charge is 0.169 e. The molecule has 8 bridgehead atoms. The third kappa shape index (κ3) is 9.25. The highest BCUT2D eigenvalue weighted by molar-refractivity contribution is 5.99. The Hall–Kier alpha value is -6.80. The topological polar surface area (TPSA) is 99.9 Å². The lowest BCUT2D eigenvalue weighted by atomic mass is 10.0. The SMILES string of the molecule is CCCCCCCCCCCCCC[n+]1ccc(-c2c3nc(c(-c4ccncc4)c4ccc([nH]4)c(-c4ccncc4)c4nc(c(-c5ccncc5)c5ccc2[nH]5)C=C4)C=C3)cc1. The van der Waals surface area contributed by atoms with E-state index in [1.165, 1.54) is 77.0 Å². The van der Waals surface area contributed by atoms with Crippen molar-refractivity contribution in [3.63, 3.8) is 0 Å². The summed E-state index contributed by atoms with van der Waals surface area (Å²) in [6.45, 7) is 3.30. The molecule has 2 N–H and O–H groups in total. The van der Waals surface area contributed by atoms with Crippen LogP contribution in [0, 0.1) is 0 Å². The maximum atomic E-state index is 5.44. The molecule has 0 saturated carbocycles. The number of fused-ring (bicyclic) bond motifs is 8. The quantitative estimate of drug-likeness (QED) is 0.0704. The van der Waals surface area contributed by atoms with Crippen LogP contribution in [0.25, 0.3) is 90.9 Å². The lowest BCUT2D eigenvalue weighted by Crippen LogP contribution is -2.32. The summed E-state index contributed by atoms with van der Waals surface area (Å²) in [5.41, 5.74) is 15.5. The fourth-order valence-electron chi connectivity index (χ4n) is 8.88. The van der Waals surface area contributed by atoms with E-state index in [1.54, 1.807) is 0 Å². The lowest BCUT2D eigenvalue weighted by molar-refractivity contribution is -0.697. The van der Waals surface area contributed by atoms with E-state index in [0.29, 0.717) is 0 Å². The van der Waals surface area contributed by atoms with E-state index in [1.807, 2.05) is 73.6 Å². The molecular formula is C54H55N8+. The van der Waals surface area contributed by atoms with Crippen LogP contribution in [-0.2, 0) is 6.54 Å². The molecule has 310 valence electrons. The second-order valence-electron chi connectivity index (χ2n) is 16.4. The number of hydrogen-bond acceptors (Lipinski definition) is 5. The minimum atomic E-state index is 0.859. The van der Waals surface area contributed by atoms with Gasteiger partial charge in [0.25, 0.3) is 0 Å². The molecule has 9 heterocycles. The first-order chi connectivity index (χ1) is 30.7. The highest BCUT2D eigenvalue weighted by atomic mass is 14.9. The van der Waals surface area contributed by atoms with Crippen molar-refractivity contribution in [3.05, 3.63) is 145 Å². The zero-order chi connectivity index (χ0) is 41.9. The summed E-state index contributed by atoms with van der Waals surface area (Å²) >= 11 is 0. The summed E-state index contributed by atoms with van der Waals surface area (Å²) < 4.78 is 2.32. The van der Waals surface area contributed by atoms with Crippen molar-refractivity contribution >= 4 is 46.4 Å². The minimum Gasteiger partial charge on any atom is -0.354 e. The number of aromatic amines is 2. The Morgan fingerprint density at radius 3 is 1.02 bits per heavy atom. The molecular weight excluding hydrogens is 761 g/mol. The maximum Gasteiger partial charge on any atom is 0.169 e. The standard InChI is InChI=1S/C54H54N8/c1-2-3-4-5-6-7-8-9-10-11-12-13-36-62-37-28-42(29-38-62)54-49-20-18-47(60-49)52(40-24-32-56-33-25-40)45-16-14-43(58-45)51(39-22-30-55-31-23-39)44-15-17-46(59-44)53(41-26-34-57-35-27-41)48-19-21-50(54)61-48/h14-35,37-38H,2-13,36H2,1H3,(H,58,59,60,61)/p+1. The molecule has 0 spiro atoms. The molecule has 8 heteroatoms. The van der Waals surface area contributed by atoms with Crippen molar-refractivity contribution in [1.29, 1.82) is 0 Å².